The molecule has 0 aliphatic heterocycles. The molecule has 0 fully saturated rings. The van der Waals surface area contributed by atoms with Crippen LogP contribution in [0.2, 0.25) is 0 Å². The van der Waals surface area contributed by atoms with Gasteiger partial charge >= 0.3 is 0 Å². The minimum Gasteiger partial charge on any atom is -0.370 e. The maximum atomic E-state index is 10.6. The summed E-state index contributed by atoms with van der Waals surface area (Å²) in [7, 11) is 0. The van der Waals surface area contributed by atoms with Crippen LogP contribution in [0.4, 0.5) is 0 Å². The van der Waals surface area contributed by atoms with Gasteiger partial charge in [-0.25, -0.2) is 0 Å². The Kier molecular flexibility index (Phi) is 22.4. The molecule has 0 aromatic rings. The van der Waals surface area contributed by atoms with E-state index >= 15 is 0 Å². The summed E-state index contributed by atoms with van der Waals surface area (Å²) in [5.41, 5.74) is 10.3. The van der Waals surface area contributed by atoms with E-state index in [1.54, 1.807) is 0 Å². The van der Waals surface area contributed by atoms with Gasteiger partial charge in [-0.05, 0) is 12.8 Å². The number of rotatable bonds is 24. The highest BCUT2D eigenvalue weighted by molar-refractivity contribution is 5.73. The highest BCUT2D eigenvalue weighted by Crippen LogP contribution is 2.15. The van der Waals surface area contributed by atoms with E-state index in [1.807, 2.05) is 0 Å². The molecule has 0 aromatic heterocycles. The number of amides is 2. The van der Waals surface area contributed by atoms with Gasteiger partial charge in [0, 0.05) is 12.8 Å². The Morgan fingerprint density at radius 1 is 0.310 bits per heavy atom. The van der Waals surface area contributed by atoms with Crippen LogP contribution >= 0.6 is 0 Å². The summed E-state index contributed by atoms with van der Waals surface area (Å²) in [6.07, 6.45) is 28.6. The molecule has 0 unspecified atom stereocenters. The number of unbranched alkanes of at least 4 members (excludes halogenated alkanes) is 20. The summed E-state index contributed by atoms with van der Waals surface area (Å²) < 4.78 is 0. The highest BCUT2D eigenvalue weighted by Gasteiger charge is 1.97. The molecular weight excluding hydrogens is 360 g/mol. The van der Waals surface area contributed by atoms with E-state index in [4.69, 9.17) is 11.5 Å². The van der Waals surface area contributed by atoms with Crippen molar-refractivity contribution in [2.75, 3.05) is 0 Å². The van der Waals surface area contributed by atoms with Crippen LogP contribution in [-0.4, -0.2) is 11.8 Å². The minimum absolute atomic E-state index is 0.161. The summed E-state index contributed by atoms with van der Waals surface area (Å²) in [4.78, 5) is 21.3. The average molecular weight is 411 g/mol. The molecule has 0 spiro atoms. The molecule has 0 aromatic carbocycles. The van der Waals surface area contributed by atoms with E-state index in [2.05, 4.69) is 0 Å². The average Bonchev–Trinajstić information content (AvgIpc) is 2.68. The van der Waals surface area contributed by atoms with Gasteiger partial charge in [0.2, 0.25) is 11.8 Å². The SMILES string of the molecule is NC(=O)CCCCCCCCCCCCCCCCCCCCCCCC(N)=O. The Bertz CT molecular complexity index is 338. The Morgan fingerprint density at radius 2 is 0.448 bits per heavy atom. The van der Waals surface area contributed by atoms with E-state index in [1.165, 1.54) is 109 Å². The molecule has 0 heterocycles. The second kappa shape index (κ2) is 23.2. The van der Waals surface area contributed by atoms with Crippen molar-refractivity contribution in [1.82, 2.24) is 0 Å². The quantitative estimate of drug-likeness (QED) is 0.169. The Hall–Kier alpha value is -1.06. The molecule has 4 heteroatoms. The molecule has 0 saturated carbocycles. The van der Waals surface area contributed by atoms with Gasteiger partial charge in [0.05, 0.1) is 0 Å². The van der Waals surface area contributed by atoms with Crippen LogP contribution in [0.3, 0.4) is 0 Å². The topological polar surface area (TPSA) is 86.2 Å². The first-order valence-electron chi connectivity index (χ1n) is 12.7. The summed E-state index contributed by atoms with van der Waals surface area (Å²) >= 11 is 0. The lowest BCUT2D eigenvalue weighted by Crippen LogP contribution is -2.09. The van der Waals surface area contributed by atoms with Crippen LogP contribution in [0.15, 0.2) is 0 Å². The van der Waals surface area contributed by atoms with Crippen molar-refractivity contribution in [1.29, 1.82) is 0 Å². The van der Waals surface area contributed by atoms with Crippen molar-refractivity contribution in [2.45, 2.75) is 148 Å². The number of nitrogens with two attached hydrogens (primary N) is 2. The van der Waals surface area contributed by atoms with Gasteiger partial charge in [-0.1, -0.05) is 122 Å². The molecule has 2 amide bonds. The monoisotopic (exact) mass is 410 g/mol. The minimum atomic E-state index is -0.161. The van der Waals surface area contributed by atoms with Crippen molar-refractivity contribution in [3.63, 3.8) is 0 Å². The second-order valence-electron chi connectivity index (χ2n) is 8.86. The second-order valence-corrected chi connectivity index (χ2v) is 8.86. The molecule has 0 aliphatic rings. The first kappa shape index (κ1) is 27.9. The predicted molar refractivity (Wildman–Crippen MR) is 125 cm³/mol. The third-order valence-electron chi connectivity index (χ3n) is 5.85. The molecule has 0 radical (unpaired) electrons. The molecule has 172 valence electrons. The van der Waals surface area contributed by atoms with E-state index in [0.717, 1.165) is 25.7 Å². The Morgan fingerprint density at radius 3 is 0.586 bits per heavy atom. The maximum Gasteiger partial charge on any atom is 0.217 e. The van der Waals surface area contributed by atoms with Crippen molar-refractivity contribution in [3.8, 4) is 0 Å². The van der Waals surface area contributed by atoms with Crippen molar-refractivity contribution in [3.05, 3.63) is 0 Å². The fourth-order valence-corrected chi connectivity index (χ4v) is 3.96. The van der Waals surface area contributed by atoms with E-state index in [0.29, 0.717) is 12.8 Å². The normalized spacial score (nSPS) is 11.0. The van der Waals surface area contributed by atoms with Crippen LogP contribution in [0, 0.1) is 0 Å². The van der Waals surface area contributed by atoms with Crippen molar-refractivity contribution >= 4 is 11.8 Å². The first-order chi connectivity index (χ1) is 14.1. The van der Waals surface area contributed by atoms with Gasteiger partial charge < -0.3 is 11.5 Å². The summed E-state index contributed by atoms with van der Waals surface area (Å²) in [5, 5.41) is 0. The van der Waals surface area contributed by atoms with Crippen LogP contribution in [0.25, 0.3) is 0 Å². The zero-order valence-electron chi connectivity index (χ0n) is 19.2. The summed E-state index contributed by atoms with van der Waals surface area (Å²) in [6.45, 7) is 0. The fourth-order valence-electron chi connectivity index (χ4n) is 3.96. The van der Waals surface area contributed by atoms with Gasteiger partial charge in [0.25, 0.3) is 0 Å². The number of carbonyl (C=O) groups is 2. The molecule has 4 nitrogen and oxygen atoms in total. The zero-order chi connectivity index (χ0) is 21.4. The lowest BCUT2D eigenvalue weighted by atomic mass is 10.0. The number of hydrogen-bond donors (Lipinski definition) is 2. The van der Waals surface area contributed by atoms with Gasteiger partial charge in [-0.2, -0.15) is 0 Å². The molecular formula is C25H50N2O2. The molecule has 29 heavy (non-hydrogen) atoms. The Labute approximate surface area is 181 Å². The molecule has 0 rings (SSSR count). The number of hydrogen-bond acceptors (Lipinski definition) is 2. The van der Waals surface area contributed by atoms with Crippen molar-refractivity contribution < 1.29 is 9.59 Å². The molecule has 4 N–H and O–H groups in total. The molecule has 0 aliphatic carbocycles. The molecule has 0 atom stereocenters. The van der Waals surface area contributed by atoms with Gasteiger partial charge in [0.1, 0.15) is 0 Å². The summed E-state index contributed by atoms with van der Waals surface area (Å²) in [5.74, 6) is -0.321. The van der Waals surface area contributed by atoms with Crippen LogP contribution in [0.1, 0.15) is 148 Å². The smallest absolute Gasteiger partial charge is 0.217 e. The lowest BCUT2D eigenvalue weighted by Gasteiger charge is -2.04. The van der Waals surface area contributed by atoms with Crippen LogP contribution < -0.4 is 11.5 Å². The van der Waals surface area contributed by atoms with Gasteiger partial charge in [0.15, 0.2) is 0 Å². The van der Waals surface area contributed by atoms with E-state index < -0.39 is 0 Å². The standard InChI is InChI=1S/C25H50N2O2/c26-24(28)22-20-18-16-14-12-10-8-6-4-2-1-3-5-7-9-11-13-15-17-19-21-23-25(27)29/h1-23H2,(H2,26,28)(H2,27,29). The van der Waals surface area contributed by atoms with Gasteiger partial charge in [-0.3, -0.25) is 9.59 Å². The summed E-state index contributed by atoms with van der Waals surface area (Å²) in [6, 6.07) is 0. The predicted octanol–water partition coefficient (Wildman–Crippen LogP) is 6.93. The fraction of sp³-hybridized carbons (Fsp3) is 0.920. The lowest BCUT2D eigenvalue weighted by molar-refractivity contribution is -0.119. The molecule has 0 saturated heterocycles. The van der Waals surface area contributed by atoms with Crippen molar-refractivity contribution in [2.24, 2.45) is 11.5 Å². The third kappa shape index (κ3) is 26.9. The highest BCUT2D eigenvalue weighted by atomic mass is 16.1. The van der Waals surface area contributed by atoms with E-state index in [9.17, 15) is 9.59 Å². The zero-order valence-corrected chi connectivity index (χ0v) is 19.2. The largest absolute Gasteiger partial charge is 0.370 e. The molecule has 0 bridgehead atoms. The van der Waals surface area contributed by atoms with Crippen LogP contribution in [-0.2, 0) is 9.59 Å². The number of primary amides is 2. The van der Waals surface area contributed by atoms with E-state index in [-0.39, 0.29) is 11.8 Å². The number of carbonyl (C=O) groups excluding carboxylic acids is 2. The third-order valence-corrected chi connectivity index (χ3v) is 5.85. The first-order valence-corrected chi connectivity index (χ1v) is 12.7. The van der Waals surface area contributed by atoms with Crippen LogP contribution in [0.5, 0.6) is 0 Å². The van der Waals surface area contributed by atoms with Gasteiger partial charge in [-0.15, -0.1) is 0 Å². The maximum absolute atomic E-state index is 10.6. The Balaban J connectivity index is 3.01.